The molecular formula is C15H19N3O4. The van der Waals surface area contributed by atoms with Gasteiger partial charge in [0.15, 0.2) is 5.76 Å². The van der Waals surface area contributed by atoms with E-state index < -0.39 is 5.91 Å². The molecule has 22 heavy (non-hydrogen) atoms. The largest absolute Gasteiger partial charge is 0.451 e. The van der Waals surface area contributed by atoms with E-state index in [1.165, 1.54) is 11.5 Å². The number of hydrogen-bond donors (Lipinski definition) is 3. The van der Waals surface area contributed by atoms with Crippen LogP contribution in [-0.4, -0.2) is 42.6 Å². The molecule has 0 aliphatic heterocycles. The maximum Gasteiger partial charge on any atom is 0.310 e. The molecule has 0 radical (unpaired) electrons. The fourth-order valence-electron chi connectivity index (χ4n) is 2.07. The molecule has 0 aliphatic rings. The van der Waals surface area contributed by atoms with Gasteiger partial charge in [-0.2, -0.15) is 0 Å². The van der Waals surface area contributed by atoms with Crippen molar-refractivity contribution in [2.45, 2.75) is 12.8 Å². The number of anilines is 1. The maximum atomic E-state index is 11.8. The fourth-order valence-corrected chi connectivity index (χ4v) is 2.07. The van der Waals surface area contributed by atoms with E-state index in [1.54, 1.807) is 18.2 Å². The Bertz CT molecular complexity index is 678. The average Bonchev–Trinajstić information content (AvgIpc) is 2.89. The molecule has 0 fully saturated rings. The monoisotopic (exact) mass is 305 g/mol. The van der Waals surface area contributed by atoms with E-state index in [0.717, 1.165) is 13.0 Å². The first-order valence-electron chi connectivity index (χ1n) is 6.92. The molecule has 0 unspecified atom stereocenters. The van der Waals surface area contributed by atoms with Crippen molar-refractivity contribution in [3.8, 4) is 0 Å². The summed E-state index contributed by atoms with van der Waals surface area (Å²) in [6.07, 6.45) is 1.23. The van der Waals surface area contributed by atoms with Gasteiger partial charge in [-0.05, 0) is 51.3 Å². The molecule has 7 nitrogen and oxygen atoms in total. The molecule has 7 heteroatoms. The number of nitrogens with one attached hydrogen (secondary N) is 2. The summed E-state index contributed by atoms with van der Waals surface area (Å²) in [5, 5.41) is 12.1. The van der Waals surface area contributed by atoms with Crippen LogP contribution < -0.4 is 10.8 Å². The van der Waals surface area contributed by atoms with Crippen LogP contribution in [0.3, 0.4) is 0 Å². The van der Waals surface area contributed by atoms with E-state index in [1.807, 2.05) is 19.0 Å². The second kappa shape index (κ2) is 7.06. The Balaban J connectivity index is 2.03. The van der Waals surface area contributed by atoms with Crippen molar-refractivity contribution >= 4 is 28.5 Å². The Kier molecular flexibility index (Phi) is 5.13. The number of fused-ring (bicyclic) bond motifs is 1. The number of amides is 2. The zero-order valence-electron chi connectivity index (χ0n) is 12.5. The van der Waals surface area contributed by atoms with Gasteiger partial charge in [0.1, 0.15) is 5.58 Å². The summed E-state index contributed by atoms with van der Waals surface area (Å²) < 4.78 is 5.28. The minimum absolute atomic E-state index is 0.00644. The molecule has 0 saturated heterocycles. The molecule has 1 heterocycles. The number of rotatable bonds is 6. The maximum absolute atomic E-state index is 11.8. The van der Waals surface area contributed by atoms with Crippen molar-refractivity contribution in [1.29, 1.82) is 0 Å². The SMILES string of the molecule is CN(C)CCCC(=O)Nc1ccc2oc(C(=O)NO)cc2c1. The lowest BCUT2D eigenvalue weighted by Crippen LogP contribution is -2.17. The highest BCUT2D eigenvalue weighted by molar-refractivity contribution is 5.97. The van der Waals surface area contributed by atoms with E-state index in [4.69, 9.17) is 9.62 Å². The molecule has 0 spiro atoms. The molecule has 0 atom stereocenters. The third kappa shape index (κ3) is 4.06. The van der Waals surface area contributed by atoms with Crippen LogP contribution in [0.2, 0.25) is 0 Å². The molecule has 1 aromatic carbocycles. The van der Waals surface area contributed by atoms with Gasteiger partial charge >= 0.3 is 5.91 Å². The molecule has 0 saturated carbocycles. The van der Waals surface area contributed by atoms with E-state index >= 15 is 0 Å². The predicted octanol–water partition coefficient (Wildman–Crippen LogP) is 1.83. The number of nitrogens with zero attached hydrogens (tertiary/aromatic N) is 1. The highest BCUT2D eigenvalue weighted by Gasteiger charge is 2.12. The molecule has 0 aliphatic carbocycles. The molecule has 2 aromatic rings. The van der Waals surface area contributed by atoms with Crippen LogP contribution in [0.1, 0.15) is 23.4 Å². The standard InChI is InChI=1S/C15H19N3O4/c1-18(2)7-3-4-14(19)16-11-5-6-12-10(8-11)9-13(22-12)15(20)17-21/h5-6,8-9,21H,3-4,7H2,1-2H3,(H,16,19)(H,17,20). The van der Waals surface area contributed by atoms with Crippen LogP contribution >= 0.6 is 0 Å². The third-order valence-electron chi connectivity index (χ3n) is 3.13. The number of furan rings is 1. The molecule has 118 valence electrons. The van der Waals surface area contributed by atoms with Crippen LogP contribution in [-0.2, 0) is 4.79 Å². The molecule has 3 N–H and O–H groups in total. The number of carbonyl (C=O) groups is 2. The lowest BCUT2D eigenvalue weighted by Gasteiger charge is -2.09. The van der Waals surface area contributed by atoms with Crippen LogP contribution in [0.15, 0.2) is 28.7 Å². The summed E-state index contributed by atoms with van der Waals surface area (Å²) in [7, 11) is 3.93. The number of hydroxylamine groups is 1. The Morgan fingerprint density at radius 1 is 1.27 bits per heavy atom. The molecule has 1 aromatic heterocycles. The van der Waals surface area contributed by atoms with Gasteiger partial charge in [-0.1, -0.05) is 0 Å². The van der Waals surface area contributed by atoms with E-state index in [0.29, 0.717) is 23.1 Å². The highest BCUT2D eigenvalue weighted by atomic mass is 16.5. The van der Waals surface area contributed by atoms with Crippen molar-refractivity contribution < 1.29 is 19.2 Å². The van der Waals surface area contributed by atoms with Crippen molar-refractivity contribution in [2.24, 2.45) is 0 Å². The van der Waals surface area contributed by atoms with Crippen molar-refractivity contribution in [3.63, 3.8) is 0 Å². The molecule has 2 amide bonds. The normalized spacial score (nSPS) is 10.9. The van der Waals surface area contributed by atoms with Gasteiger partial charge in [0, 0.05) is 17.5 Å². The number of hydrogen-bond acceptors (Lipinski definition) is 5. The lowest BCUT2D eigenvalue weighted by atomic mass is 10.2. The summed E-state index contributed by atoms with van der Waals surface area (Å²) in [6, 6.07) is 6.59. The summed E-state index contributed by atoms with van der Waals surface area (Å²) in [5.41, 5.74) is 2.66. The second-order valence-corrected chi connectivity index (χ2v) is 5.26. The summed E-state index contributed by atoms with van der Waals surface area (Å²) in [4.78, 5) is 25.2. The minimum atomic E-state index is -0.717. The van der Waals surface area contributed by atoms with Crippen LogP contribution in [0.5, 0.6) is 0 Å². The van der Waals surface area contributed by atoms with Crippen molar-refractivity contribution in [1.82, 2.24) is 10.4 Å². The first kappa shape index (κ1) is 16.0. The third-order valence-corrected chi connectivity index (χ3v) is 3.13. The zero-order chi connectivity index (χ0) is 16.1. The first-order valence-corrected chi connectivity index (χ1v) is 6.92. The van der Waals surface area contributed by atoms with Gasteiger partial charge in [-0.3, -0.25) is 14.8 Å². The molecular weight excluding hydrogens is 286 g/mol. The number of carbonyl (C=O) groups excluding carboxylic acids is 2. The van der Waals surface area contributed by atoms with E-state index in [2.05, 4.69) is 5.32 Å². The molecule has 2 rings (SSSR count). The van der Waals surface area contributed by atoms with Gasteiger partial charge in [-0.25, -0.2) is 5.48 Å². The van der Waals surface area contributed by atoms with Gasteiger partial charge in [0.2, 0.25) is 5.91 Å². The van der Waals surface area contributed by atoms with Crippen molar-refractivity contribution in [2.75, 3.05) is 26.0 Å². The van der Waals surface area contributed by atoms with Gasteiger partial charge in [0.05, 0.1) is 0 Å². The molecule has 0 bridgehead atoms. The van der Waals surface area contributed by atoms with Gasteiger partial charge < -0.3 is 14.6 Å². The second-order valence-electron chi connectivity index (χ2n) is 5.26. The fraction of sp³-hybridized carbons (Fsp3) is 0.333. The number of benzene rings is 1. The van der Waals surface area contributed by atoms with E-state index in [9.17, 15) is 9.59 Å². The summed E-state index contributed by atoms with van der Waals surface area (Å²) in [5.74, 6) is -0.768. The summed E-state index contributed by atoms with van der Waals surface area (Å²) >= 11 is 0. The quantitative estimate of drug-likeness (QED) is 0.559. The predicted molar refractivity (Wildman–Crippen MR) is 81.9 cm³/mol. The average molecular weight is 305 g/mol. The highest BCUT2D eigenvalue weighted by Crippen LogP contribution is 2.23. The Hall–Kier alpha value is -2.38. The topological polar surface area (TPSA) is 94.8 Å². The smallest absolute Gasteiger partial charge is 0.310 e. The minimum Gasteiger partial charge on any atom is -0.451 e. The Labute approximate surface area is 127 Å². The van der Waals surface area contributed by atoms with Crippen LogP contribution in [0.4, 0.5) is 5.69 Å². The lowest BCUT2D eigenvalue weighted by molar-refractivity contribution is -0.116. The van der Waals surface area contributed by atoms with Crippen molar-refractivity contribution in [3.05, 3.63) is 30.0 Å². The van der Waals surface area contributed by atoms with Crippen LogP contribution in [0, 0.1) is 0 Å². The zero-order valence-corrected chi connectivity index (χ0v) is 12.5. The Morgan fingerprint density at radius 2 is 2.05 bits per heavy atom. The first-order chi connectivity index (χ1) is 10.5. The van der Waals surface area contributed by atoms with Gasteiger partial charge in [0.25, 0.3) is 0 Å². The van der Waals surface area contributed by atoms with Crippen LogP contribution in [0.25, 0.3) is 11.0 Å². The van der Waals surface area contributed by atoms with E-state index in [-0.39, 0.29) is 11.7 Å². The summed E-state index contributed by atoms with van der Waals surface area (Å²) in [6.45, 7) is 0.855. The van der Waals surface area contributed by atoms with Gasteiger partial charge in [-0.15, -0.1) is 0 Å². The Morgan fingerprint density at radius 3 is 2.73 bits per heavy atom.